The van der Waals surface area contributed by atoms with Crippen molar-refractivity contribution in [2.24, 2.45) is 11.7 Å². The van der Waals surface area contributed by atoms with E-state index in [2.05, 4.69) is 24.1 Å². The van der Waals surface area contributed by atoms with E-state index < -0.39 is 0 Å². The molecule has 4 heteroatoms. The summed E-state index contributed by atoms with van der Waals surface area (Å²) in [6, 6.07) is 0.0344. The number of hydrogen-bond acceptors (Lipinski definition) is 4. The second-order valence-electron chi connectivity index (χ2n) is 5.04. The predicted octanol–water partition coefficient (Wildman–Crippen LogP) is 0.947. The Kier molecular flexibility index (Phi) is 6.99. The first-order chi connectivity index (χ1) is 9.08. The van der Waals surface area contributed by atoms with Crippen LogP contribution < -0.4 is 11.1 Å². The molecule has 2 unspecified atom stereocenters. The molecule has 1 aliphatic carbocycles. The van der Waals surface area contributed by atoms with Crippen molar-refractivity contribution in [2.75, 3.05) is 32.7 Å². The van der Waals surface area contributed by atoms with Crippen LogP contribution in [0, 0.1) is 5.92 Å². The number of hydrogen-bond donors (Lipinski definition) is 2. The summed E-state index contributed by atoms with van der Waals surface area (Å²) in [5.41, 5.74) is 6.64. The van der Waals surface area contributed by atoms with E-state index in [1.807, 2.05) is 25.2 Å². The van der Waals surface area contributed by atoms with Gasteiger partial charge >= 0.3 is 0 Å². The number of nitrogens with two attached hydrogens (primary N) is 1. The Morgan fingerprint density at radius 2 is 2.11 bits per heavy atom. The number of carbonyl (C=O) groups excluding carboxylic acids is 1. The number of likely N-dealkylation sites (N-methyl/N-ethyl adjacent to an activating group) is 1. The van der Waals surface area contributed by atoms with E-state index in [1.165, 1.54) is 0 Å². The number of carbonyl (C=O) groups is 1. The highest BCUT2D eigenvalue weighted by molar-refractivity contribution is 5.99. The Balaban J connectivity index is 2.29. The van der Waals surface area contributed by atoms with Crippen molar-refractivity contribution in [1.29, 1.82) is 0 Å². The van der Waals surface area contributed by atoms with E-state index in [0.29, 0.717) is 6.54 Å². The Morgan fingerprint density at radius 3 is 2.68 bits per heavy atom. The van der Waals surface area contributed by atoms with Crippen molar-refractivity contribution >= 4 is 5.78 Å². The van der Waals surface area contributed by atoms with Crippen LogP contribution in [0.5, 0.6) is 0 Å². The van der Waals surface area contributed by atoms with E-state index in [-0.39, 0.29) is 17.7 Å². The fourth-order valence-electron chi connectivity index (χ4n) is 2.11. The fraction of sp³-hybridized carbons (Fsp3) is 0.667. The van der Waals surface area contributed by atoms with Crippen molar-refractivity contribution in [3.63, 3.8) is 0 Å². The highest BCUT2D eigenvalue weighted by atomic mass is 16.1. The molecule has 1 aliphatic rings. The molecule has 0 aromatic heterocycles. The third kappa shape index (κ3) is 5.27. The summed E-state index contributed by atoms with van der Waals surface area (Å²) in [6.45, 7) is 10.7. The maximum atomic E-state index is 12.0. The zero-order valence-corrected chi connectivity index (χ0v) is 12.4. The van der Waals surface area contributed by atoms with E-state index in [1.54, 1.807) is 0 Å². The molecule has 4 nitrogen and oxygen atoms in total. The van der Waals surface area contributed by atoms with Gasteiger partial charge in [-0.25, -0.2) is 0 Å². The van der Waals surface area contributed by atoms with E-state index in [4.69, 9.17) is 5.73 Å². The first-order valence-electron chi connectivity index (χ1n) is 7.20. The van der Waals surface area contributed by atoms with Gasteiger partial charge in [0.05, 0.1) is 6.54 Å². The van der Waals surface area contributed by atoms with Crippen molar-refractivity contribution in [3.8, 4) is 0 Å². The number of nitrogens with zero attached hydrogens (tertiary/aromatic N) is 1. The Labute approximate surface area is 116 Å². The molecule has 0 saturated heterocycles. The molecule has 0 bridgehead atoms. The molecular weight excluding hydrogens is 238 g/mol. The predicted molar refractivity (Wildman–Crippen MR) is 80.0 cm³/mol. The molecule has 2 atom stereocenters. The molecule has 0 amide bonds. The summed E-state index contributed by atoms with van der Waals surface area (Å²) < 4.78 is 0. The first kappa shape index (κ1) is 16.1. The van der Waals surface area contributed by atoms with Crippen LogP contribution in [0.3, 0.4) is 0 Å². The van der Waals surface area contributed by atoms with Crippen molar-refractivity contribution < 1.29 is 4.79 Å². The maximum absolute atomic E-state index is 12.0. The van der Waals surface area contributed by atoms with Crippen LogP contribution in [-0.4, -0.2) is 49.4 Å². The molecule has 3 N–H and O–H groups in total. The first-order valence-corrected chi connectivity index (χ1v) is 7.20. The van der Waals surface area contributed by atoms with Crippen LogP contribution in [0.25, 0.3) is 0 Å². The number of Topliss-reactive ketones (excluding diaryl/α,β-unsaturated/α-hetero) is 1. The molecule has 0 aromatic carbocycles. The summed E-state index contributed by atoms with van der Waals surface area (Å²) in [5, 5.41) is 3.21. The molecule has 0 heterocycles. The summed E-state index contributed by atoms with van der Waals surface area (Å²) in [7, 11) is 0. The van der Waals surface area contributed by atoms with Crippen LogP contribution in [0.1, 0.15) is 20.8 Å². The lowest BCUT2D eigenvalue weighted by molar-refractivity contribution is -0.114. The highest BCUT2D eigenvalue weighted by Crippen LogP contribution is 2.15. The third-order valence-electron chi connectivity index (χ3n) is 3.65. The minimum Gasteiger partial charge on any atom is -0.324 e. The van der Waals surface area contributed by atoms with Crippen LogP contribution in [0.2, 0.25) is 0 Å². The molecule has 0 aromatic rings. The van der Waals surface area contributed by atoms with Gasteiger partial charge in [0.1, 0.15) is 0 Å². The molecule has 0 saturated carbocycles. The Hall–Kier alpha value is -0.970. The van der Waals surface area contributed by atoms with Gasteiger partial charge in [-0.1, -0.05) is 39.0 Å². The molecule has 19 heavy (non-hydrogen) atoms. The number of rotatable bonds is 8. The molecule has 0 spiro atoms. The van der Waals surface area contributed by atoms with Crippen LogP contribution in [-0.2, 0) is 4.79 Å². The number of allylic oxidation sites excluding steroid dienone is 1. The van der Waals surface area contributed by atoms with E-state index in [0.717, 1.165) is 31.8 Å². The van der Waals surface area contributed by atoms with Crippen LogP contribution >= 0.6 is 0 Å². The van der Waals surface area contributed by atoms with Gasteiger partial charge in [0.25, 0.3) is 0 Å². The normalized spacial score (nSPS) is 22.7. The Bertz CT molecular complexity index is 345. The van der Waals surface area contributed by atoms with Crippen molar-refractivity contribution in [3.05, 3.63) is 23.8 Å². The maximum Gasteiger partial charge on any atom is 0.176 e. The second kappa shape index (κ2) is 8.25. The van der Waals surface area contributed by atoms with Gasteiger partial charge < -0.3 is 16.0 Å². The molecule has 0 aliphatic heterocycles. The average molecular weight is 265 g/mol. The number of nitrogens with one attached hydrogen (secondary N) is 1. The van der Waals surface area contributed by atoms with Gasteiger partial charge in [-0.2, -0.15) is 0 Å². The quantitative estimate of drug-likeness (QED) is 0.642. The lowest BCUT2D eigenvalue weighted by Crippen LogP contribution is -2.35. The van der Waals surface area contributed by atoms with Crippen LogP contribution in [0.4, 0.5) is 0 Å². The van der Waals surface area contributed by atoms with Gasteiger partial charge in [0.15, 0.2) is 5.78 Å². The minimum atomic E-state index is 0.0344. The van der Waals surface area contributed by atoms with E-state index >= 15 is 0 Å². The number of ketones is 1. The van der Waals surface area contributed by atoms with Crippen molar-refractivity contribution in [2.45, 2.75) is 26.8 Å². The topological polar surface area (TPSA) is 58.4 Å². The standard InChI is InChI=1S/C15H27N3O/c1-4-18(5-2)9-8-17-11-15(19)13-6-7-14(16)12(3)10-13/h6-7,10,12,14,17H,4-5,8-9,11,16H2,1-3H3. The largest absolute Gasteiger partial charge is 0.324 e. The lowest BCUT2D eigenvalue weighted by Gasteiger charge is -2.19. The highest BCUT2D eigenvalue weighted by Gasteiger charge is 2.16. The lowest BCUT2D eigenvalue weighted by atomic mass is 9.92. The minimum absolute atomic E-state index is 0.0344. The van der Waals surface area contributed by atoms with Gasteiger partial charge in [-0.05, 0) is 19.0 Å². The zero-order chi connectivity index (χ0) is 14.3. The molecular formula is C15H27N3O. The third-order valence-corrected chi connectivity index (χ3v) is 3.65. The van der Waals surface area contributed by atoms with Gasteiger partial charge in [-0.15, -0.1) is 0 Å². The van der Waals surface area contributed by atoms with Crippen molar-refractivity contribution in [1.82, 2.24) is 10.2 Å². The van der Waals surface area contributed by atoms with Gasteiger partial charge in [-0.3, -0.25) is 4.79 Å². The summed E-state index contributed by atoms with van der Waals surface area (Å²) in [6.07, 6.45) is 5.73. The Morgan fingerprint density at radius 1 is 1.42 bits per heavy atom. The van der Waals surface area contributed by atoms with Gasteiger partial charge in [0, 0.05) is 24.7 Å². The molecule has 1 rings (SSSR count). The van der Waals surface area contributed by atoms with E-state index in [9.17, 15) is 4.79 Å². The van der Waals surface area contributed by atoms with Crippen LogP contribution in [0.15, 0.2) is 23.8 Å². The molecule has 0 radical (unpaired) electrons. The van der Waals surface area contributed by atoms with Gasteiger partial charge in [0.2, 0.25) is 0 Å². The zero-order valence-electron chi connectivity index (χ0n) is 12.4. The monoisotopic (exact) mass is 265 g/mol. The average Bonchev–Trinajstić information content (AvgIpc) is 2.42. The second-order valence-corrected chi connectivity index (χ2v) is 5.04. The summed E-state index contributed by atoms with van der Waals surface area (Å²) >= 11 is 0. The fourth-order valence-corrected chi connectivity index (χ4v) is 2.11. The molecule has 0 fully saturated rings. The smallest absolute Gasteiger partial charge is 0.176 e. The summed E-state index contributed by atoms with van der Waals surface area (Å²) in [4.78, 5) is 14.3. The summed E-state index contributed by atoms with van der Waals surface area (Å²) in [5.74, 6) is 0.383. The SMILES string of the molecule is CCN(CC)CCNCC(=O)C1=CC(C)C(N)C=C1. The molecule has 108 valence electrons.